The van der Waals surface area contributed by atoms with Crippen LogP contribution in [0.25, 0.3) is 11.0 Å². The van der Waals surface area contributed by atoms with Crippen LogP contribution in [0.4, 0.5) is 0 Å². The zero-order chi connectivity index (χ0) is 14.3. The number of hydrogen-bond donors (Lipinski definition) is 0. The Morgan fingerprint density at radius 3 is 2.90 bits per heavy atom. The van der Waals surface area contributed by atoms with E-state index in [0.717, 1.165) is 5.39 Å². The summed E-state index contributed by atoms with van der Waals surface area (Å²) in [5.74, 6) is -0.364. The molecular formula is C15H12BrNO3. The van der Waals surface area contributed by atoms with Crippen LogP contribution in [0.5, 0.6) is 0 Å². The number of para-hydroxylation sites is 1. The third-order valence-corrected chi connectivity index (χ3v) is 4.68. The molecular weight excluding hydrogens is 322 g/mol. The number of esters is 1. The Morgan fingerprint density at radius 2 is 2.30 bits per heavy atom. The Balaban J connectivity index is 2.25. The van der Waals surface area contributed by atoms with Crippen LogP contribution in [0.1, 0.15) is 29.5 Å². The summed E-state index contributed by atoms with van der Waals surface area (Å²) in [4.78, 5) is 12.1. The van der Waals surface area contributed by atoms with Gasteiger partial charge in [0, 0.05) is 15.8 Å². The fraction of sp³-hybridized carbons (Fsp3) is 0.333. The highest BCUT2D eigenvalue weighted by Gasteiger charge is 2.58. The fourth-order valence-corrected chi connectivity index (χ4v) is 3.32. The summed E-state index contributed by atoms with van der Waals surface area (Å²) < 4.78 is 10.7. The smallest absolute Gasteiger partial charge is 0.374 e. The number of carbonyl (C=O) groups is 1. The summed E-state index contributed by atoms with van der Waals surface area (Å²) in [7, 11) is 0. The van der Waals surface area contributed by atoms with Gasteiger partial charge in [0.1, 0.15) is 11.0 Å². The van der Waals surface area contributed by atoms with Crippen LogP contribution in [-0.4, -0.2) is 17.4 Å². The van der Waals surface area contributed by atoms with Gasteiger partial charge in [-0.3, -0.25) is 0 Å². The Morgan fingerprint density at radius 1 is 1.60 bits per heavy atom. The summed E-state index contributed by atoms with van der Waals surface area (Å²) in [5, 5.41) is 10.3. The lowest BCUT2D eigenvalue weighted by Gasteiger charge is -2.07. The predicted molar refractivity (Wildman–Crippen MR) is 76.8 cm³/mol. The lowest BCUT2D eigenvalue weighted by molar-refractivity contribution is 0.0490. The molecule has 3 rings (SSSR count). The number of furan rings is 1. The molecule has 20 heavy (non-hydrogen) atoms. The molecule has 0 bridgehead atoms. The van der Waals surface area contributed by atoms with Gasteiger partial charge in [-0.1, -0.05) is 34.1 Å². The molecule has 1 aromatic carbocycles. The van der Waals surface area contributed by atoms with Crippen LogP contribution in [0.15, 0.2) is 28.7 Å². The third kappa shape index (κ3) is 1.75. The van der Waals surface area contributed by atoms with Gasteiger partial charge in [-0.05, 0) is 19.4 Å². The van der Waals surface area contributed by atoms with Crippen molar-refractivity contribution in [2.75, 3.05) is 6.61 Å². The molecule has 0 amide bonds. The maximum atomic E-state index is 12.1. The summed E-state index contributed by atoms with van der Waals surface area (Å²) >= 11 is 3.48. The average molecular weight is 334 g/mol. The van der Waals surface area contributed by atoms with Crippen LogP contribution in [-0.2, 0) is 10.2 Å². The fourth-order valence-electron chi connectivity index (χ4n) is 2.48. The largest absolute Gasteiger partial charge is 0.460 e. The number of alkyl halides is 1. The first-order chi connectivity index (χ1) is 9.64. The van der Waals surface area contributed by atoms with E-state index < -0.39 is 11.4 Å². The van der Waals surface area contributed by atoms with Gasteiger partial charge in [0.25, 0.3) is 0 Å². The molecule has 2 aromatic rings. The van der Waals surface area contributed by atoms with Crippen LogP contribution in [0.2, 0.25) is 0 Å². The Bertz CT molecular complexity index is 730. The van der Waals surface area contributed by atoms with E-state index in [4.69, 9.17) is 9.15 Å². The van der Waals surface area contributed by atoms with Gasteiger partial charge in [-0.2, -0.15) is 5.26 Å². The maximum Gasteiger partial charge on any atom is 0.374 e. The summed E-state index contributed by atoms with van der Waals surface area (Å²) in [6, 6.07) is 9.68. The predicted octanol–water partition coefficient (Wildman–Crippen LogP) is 3.54. The lowest BCUT2D eigenvalue weighted by Crippen LogP contribution is -2.14. The molecule has 0 N–H and O–H groups in total. The molecule has 102 valence electrons. The summed E-state index contributed by atoms with van der Waals surface area (Å²) in [6.45, 7) is 2.01. The van der Waals surface area contributed by atoms with Crippen molar-refractivity contribution in [1.82, 2.24) is 0 Å². The zero-order valence-corrected chi connectivity index (χ0v) is 12.4. The number of halogens is 1. The number of ether oxygens (including phenoxy) is 1. The van der Waals surface area contributed by atoms with E-state index in [1.54, 1.807) is 13.0 Å². The highest BCUT2D eigenvalue weighted by Crippen LogP contribution is 2.56. The maximum absolute atomic E-state index is 12.1. The highest BCUT2D eigenvalue weighted by molar-refractivity contribution is 9.09. The first-order valence-corrected chi connectivity index (χ1v) is 7.30. The summed E-state index contributed by atoms with van der Waals surface area (Å²) in [5.41, 5.74) is 0.553. The van der Waals surface area contributed by atoms with Gasteiger partial charge in [0.2, 0.25) is 5.76 Å². The minimum Gasteiger partial charge on any atom is -0.460 e. The molecule has 2 atom stereocenters. The molecule has 1 heterocycles. The van der Waals surface area contributed by atoms with E-state index in [1.807, 2.05) is 18.2 Å². The average Bonchev–Trinajstić information content (AvgIpc) is 2.96. The zero-order valence-electron chi connectivity index (χ0n) is 10.9. The lowest BCUT2D eigenvalue weighted by atomic mass is 9.94. The van der Waals surface area contributed by atoms with Gasteiger partial charge < -0.3 is 9.15 Å². The molecule has 1 aromatic heterocycles. The second kappa shape index (κ2) is 4.64. The van der Waals surface area contributed by atoms with Crippen molar-refractivity contribution >= 4 is 32.9 Å². The van der Waals surface area contributed by atoms with E-state index in [1.165, 1.54) is 0 Å². The molecule has 0 saturated heterocycles. The standard InChI is InChI=1S/C15H12BrNO3/c1-2-19-14(18)13-12(15(8-17)7-11(15)16)9-5-3-4-6-10(9)20-13/h3-6,11H,2,7H2,1H3. The monoisotopic (exact) mass is 333 g/mol. The number of benzene rings is 1. The van der Waals surface area contributed by atoms with Crippen molar-refractivity contribution in [3.05, 3.63) is 35.6 Å². The van der Waals surface area contributed by atoms with Crippen molar-refractivity contribution in [3.8, 4) is 6.07 Å². The number of carbonyl (C=O) groups excluding carboxylic acids is 1. The van der Waals surface area contributed by atoms with Gasteiger partial charge in [-0.25, -0.2) is 4.79 Å². The van der Waals surface area contributed by atoms with E-state index in [-0.39, 0.29) is 17.2 Å². The molecule has 0 aliphatic heterocycles. The summed E-state index contributed by atoms with van der Waals surface area (Å²) in [6.07, 6.45) is 0.666. The first kappa shape index (κ1) is 13.2. The van der Waals surface area contributed by atoms with E-state index >= 15 is 0 Å². The van der Waals surface area contributed by atoms with E-state index in [9.17, 15) is 10.1 Å². The van der Waals surface area contributed by atoms with Crippen molar-refractivity contribution < 1.29 is 13.9 Å². The minimum absolute atomic E-state index is 0.0363. The molecule has 0 radical (unpaired) electrons. The number of nitriles is 1. The van der Waals surface area contributed by atoms with Crippen molar-refractivity contribution in [2.24, 2.45) is 0 Å². The van der Waals surface area contributed by atoms with E-state index in [0.29, 0.717) is 17.6 Å². The van der Waals surface area contributed by atoms with Crippen LogP contribution in [0, 0.1) is 11.3 Å². The molecule has 1 fully saturated rings. The number of nitrogens with zero attached hydrogens (tertiary/aromatic N) is 1. The van der Waals surface area contributed by atoms with Crippen molar-refractivity contribution in [1.29, 1.82) is 5.26 Å². The second-order valence-corrected chi connectivity index (χ2v) is 5.88. The van der Waals surface area contributed by atoms with Gasteiger partial charge >= 0.3 is 5.97 Å². The third-order valence-electron chi connectivity index (χ3n) is 3.58. The van der Waals surface area contributed by atoms with E-state index in [2.05, 4.69) is 22.0 Å². The molecule has 0 spiro atoms. The number of rotatable bonds is 3. The molecule has 1 aliphatic rings. The quantitative estimate of drug-likeness (QED) is 0.636. The number of fused-ring (bicyclic) bond motifs is 1. The van der Waals surface area contributed by atoms with Crippen LogP contribution < -0.4 is 0 Å². The molecule has 1 aliphatic carbocycles. The highest BCUT2D eigenvalue weighted by atomic mass is 79.9. The minimum atomic E-state index is -0.700. The van der Waals surface area contributed by atoms with Crippen LogP contribution >= 0.6 is 15.9 Å². The molecule has 5 heteroatoms. The molecule has 1 saturated carbocycles. The normalized spacial score (nSPS) is 24.4. The Labute approximate surface area is 124 Å². The first-order valence-electron chi connectivity index (χ1n) is 6.38. The second-order valence-electron chi connectivity index (χ2n) is 4.78. The Hall–Kier alpha value is -1.80. The van der Waals surface area contributed by atoms with Gasteiger partial charge in [0.15, 0.2) is 0 Å². The molecule has 2 unspecified atom stereocenters. The number of hydrogen-bond acceptors (Lipinski definition) is 4. The Kier molecular flexibility index (Phi) is 3.06. The SMILES string of the molecule is CCOC(=O)c1oc2ccccc2c1C1(C#N)CC1Br. The molecule has 4 nitrogen and oxygen atoms in total. The van der Waals surface area contributed by atoms with Gasteiger partial charge in [0.05, 0.1) is 12.7 Å². The van der Waals surface area contributed by atoms with Crippen molar-refractivity contribution in [2.45, 2.75) is 23.6 Å². The van der Waals surface area contributed by atoms with Gasteiger partial charge in [-0.15, -0.1) is 0 Å². The van der Waals surface area contributed by atoms with Crippen molar-refractivity contribution in [3.63, 3.8) is 0 Å². The topological polar surface area (TPSA) is 63.2 Å². The van der Waals surface area contributed by atoms with Crippen LogP contribution in [0.3, 0.4) is 0 Å².